The first kappa shape index (κ1) is 12.6. The Morgan fingerprint density at radius 1 is 1.29 bits per heavy atom. The Balaban J connectivity index is 1.65. The average molecular weight is 233 g/mol. The Labute approximate surface area is 104 Å². The van der Waals surface area contributed by atoms with Crippen LogP contribution in [-0.4, -0.2) is 12.6 Å². The number of ether oxygens (including phenoxy) is 1. The van der Waals surface area contributed by atoms with Gasteiger partial charge >= 0.3 is 0 Å². The van der Waals surface area contributed by atoms with Crippen molar-refractivity contribution in [2.24, 2.45) is 11.1 Å². The molecule has 0 aliphatic heterocycles. The zero-order chi connectivity index (χ0) is 12.1. The van der Waals surface area contributed by atoms with Crippen LogP contribution in [0.2, 0.25) is 0 Å². The van der Waals surface area contributed by atoms with Crippen molar-refractivity contribution in [2.45, 2.75) is 45.3 Å². The van der Waals surface area contributed by atoms with Crippen LogP contribution >= 0.6 is 0 Å². The average Bonchev–Trinajstić information content (AvgIpc) is 2.28. The van der Waals surface area contributed by atoms with E-state index in [0.29, 0.717) is 18.6 Å². The summed E-state index contributed by atoms with van der Waals surface area (Å²) in [7, 11) is 0. The van der Waals surface area contributed by atoms with E-state index in [1.807, 2.05) is 18.2 Å². The van der Waals surface area contributed by atoms with Crippen molar-refractivity contribution in [3.63, 3.8) is 0 Å². The van der Waals surface area contributed by atoms with E-state index in [-0.39, 0.29) is 6.04 Å². The molecule has 1 saturated carbocycles. The smallest absolute Gasteiger partial charge is 0.0717 e. The lowest BCUT2D eigenvalue weighted by Crippen LogP contribution is -2.37. The van der Waals surface area contributed by atoms with Crippen molar-refractivity contribution in [1.29, 1.82) is 0 Å². The summed E-state index contributed by atoms with van der Waals surface area (Å²) < 4.78 is 5.67. The Kier molecular flexibility index (Phi) is 4.19. The fourth-order valence-electron chi connectivity index (χ4n) is 2.58. The minimum Gasteiger partial charge on any atom is -0.375 e. The highest BCUT2D eigenvalue weighted by atomic mass is 16.5. The predicted molar refractivity (Wildman–Crippen MR) is 70.6 cm³/mol. The van der Waals surface area contributed by atoms with Crippen LogP contribution in [0.3, 0.4) is 0 Å². The van der Waals surface area contributed by atoms with Gasteiger partial charge in [-0.3, -0.25) is 0 Å². The van der Waals surface area contributed by atoms with Crippen LogP contribution in [0.1, 0.15) is 38.2 Å². The van der Waals surface area contributed by atoms with Gasteiger partial charge in [-0.25, -0.2) is 0 Å². The Morgan fingerprint density at radius 2 is 2.00 bits per heavy atom. The molecule has 0 amide bonds. The van der Waals surface area contributed by atoms with E-state index in [0.717, 1.165) is 6.42 Å². The van der Waals surface area contributed by atoms with Gasteiger partial charge in [-0.1, -0.05) is 43.7 Å². The first-order chi connectivity index (χ1) is 8.18. The van der Waals surface area contributed by atoms with E-state index in [9.17, 15) is 0 Å². The highest BCUT2D eigenvalue weighted by Crippen LogP contribution is 2.43. The van der Waals surface area contributed by atoms with Gasteiger partial charge in [-0.05, 0) is 30.2 Å². The molecule has 1 aromatic rings. The van der Waals surface area contributed by atoms with Gasteiger partial charge in [0.2, 0.25) is 0 Å². The minimum atomic E-state index is 0.184. The van der Waals surface area contributed by atoms with Crippen LogP contribution in [0.25, 0.3) is 0 Å². The number of hydrogen-bond acceptors (Lipinski definition) is 2. The van der Waals surface area contributed by atoms with Crippen LogP contribution in [0.15, 0.2) is 30.3 Å². The van der Waals surface area contributed by atoms with Crippen molar-refractivity contribution in [3.05, 3.63) is 35.9 Å². The molecule has 17 heavy (non-hydrogen) atoms. The van der Waals surface area contributed by atoms with Crippen LogP contribution in [-0.2, 0) is 11.3 Å². The van der Waals surface area contributed by atoms with Crippen molar-refractivity contribution in [2.75, 3.05) is 6.61 Å². The SMILES string of the molecule is CC1(CC(N)COCc2ccccc2)CCC1. The summed E-state index contributed by atoms with van der Waals surface area (Å²) in [4.78, 5) is 0. The molecule has 2 nitrogen and oxygen atoms in total. The summed E-state index contributed by atoms with van der Waals surface area (Å²) in [5.41, 5.74) is 7.82. The fourth-order valence-corrected chi connectivity index (χ4v) is 2.58. The molecule has 1 atom stereocenters. The predicted octanol–water partition coefficient (Wildman–Crippen LogP) is 3.11. The Morgan fingerprint density at radius 3 is 2.59 bits per heavy atom. The van der Waals surface area contributed by atoms with E-state index in [2.05, 4.69) is 19.1 Å². The van der Waals surface area contributed by atoms with E-state index in [1.165, 1.54) is 24.8 Å². The van der Waals surface area contributed by atoms with Crippen molar-refractivity contribution in [1.82, 2.24) is 0 Å². The Bertz CT molecular complexity index is 332. The van der Waals surface area contributed by atoms with Gasteiger partial charge in [-0.2, -0.15) is 0 Å². The summed E-state index contributed by atoms with van der Waals surface area (Å²) in [5, 5.41) is 0. The highest BCUT2D eigenvalue weighted by Gasteiger charge is 2.33. The second kappa shape index (κ2) is 5.65. The zero-order valence-electron chi connectivity index (χ0n) is 10.7. The van der Waals surface area contributed by atoms with Crippen molar-refractivity contribution < 1.29 is 4.74 Å². The summed E-state index contributed by atoms with van der Waals surface area (Å²) in [6.45, 7) is 3.68. The van der Waals surface area contributed by atoms with Crippen LogP contribution in [0.5, 0.6) is 0 Å². The fraction of sp³-hybridized carbons (Fsp3) is 0.600. The molecule has 0 bridgehead atoms. The highest BCUT2D eigenvalue weighted by molar-refractivity contribution is 5.13. The van der Waals surface area contributed by atoms with Gasteiger partial charge in [-0.15, -0.1) is 0 Å². The van der Waals surface area contributed by atoms with Gasteiger partial charge in [0.1, 0.15) is 0 Å². The van der Waals surface area contributed by atoms with Gasteiger partial charge in [0.05, 0.1) is 13.2 Å². The lowest BCUT2D eigenvalue weighted by Gasteiger charge is -2.40. The third kappa shape index (κ3) is 3.83. The Hall–Kier alpha value is -0.860. The van der Waals surface area contributed by atoms with Gasteiger partial charge in [0.15, 0.2) is 0 Å². The summed E-state index contributed by atoms with van der Waals surface area (Å²) in [6, 6.07) is 10.4. The molecular weight excluding hydrogens is 210 g/mol. The maximum absolute atomic E-state index is 6.11. The van der Waals surface area contributed by atoms with E-state index in [1.54, 1.807) is 0 Å². The number of nitrogens with two attached hydrogens (primary N) is 1. The van der Waals surface area contributed by atoms with Crippen LogP contribution < -0.4 is 5.73 Å². The molecular formula is C15H23NO. The maximum atomic E-state index is 6.11. The monoisotopic (exact) mass is 233 g/mol. The third-order valence-electron chi connectivity index (χ3n) is 3.76. The molecule has 2 heteroatoms. The molecule has 0 saturated heterocycles. The molecule has 0 heterocycles. The van der Waals surface area contributed by atoms with E-state index >= 15 is 0 Å². The molecule has 2 rings (SSSR count). The molecule has 94 valence electrons. The standard InChI is InChI=1S/C15H23NO/c1-15(8-5-9-15)10-14(16)12-17-11-13-6-3-2-4-7-13/h2-4,6-7,14H,5,8-12,16H2,1H3. The van der Waals surface area contributed by atoms with E-state index in [4.69, 9.17) is 10.5 Å². The number of benzene rings is 1. The molecule has 1 aliphatic rings. The maximum Gasteiger partial charge on any atom is 0.0717 e. The molecule has 0 radical (unpaired) electrons. The number of rotatable bonds is 6. The van der Waals surface area contributed by atoms with Gasteiger partial charge in [0, 0.05) is 6.04 Å². The van der Waals surface area contributed by atoms with Gasteiger partial charge in [0.25, 0.3) is 0 Å². The summed E-state index contributed by atoms with van der Waals surface area (Å²) >= 11 is 0. The van der Waals surface area contributed by atoms with Gasteiger partial charge < -0.3 is 10.5 Å². The van der Waals surface area contributed by atoms with E-state index < -0.39 is 0 Å². The minimum absolute atomic E-state index is 0.184. The number of hydrogen-bond donors (Lipinski definition) is 1. The quantitative estimate of drug-likeness (QED) is 0.819. The molecule has 2 N–H and O–H groups in total. The molecule has 1 aromatic carbocycles. The normalized spacial score (nSPS) is 19.6. The largest absolute Gasteiger partial charge is 0.375 e. The molecule has 0 spiro atoms. The topological polar surface area (TPSA) is 35.2 Å². The third-order valence-corrected chi connectivity index (χ3v) is 3.76. The zero-order valence-corrected chi connectivity index (χ0v) is 10.7. The summed E-state index contributed by atoms with van der Waals surface area (Å²) in [6.07, 6.45) is 5.13. The molecule has 1 aliphatic carbocycles. The molecule has 1 fully saturated rings. The van der Waals surface area contributed by atoms with Crippen molar-refractivity contribution in [3.8, 4) is 0 Å². The van der Waals surface area contributed by atoms with Crippen LogP contribution in [0, 0.1) is 5.41 Å². The van der Waals surface area contributed by atoms with Crippen LogP contribution in [0.4, 0.5) is 0 Å². The second-order valence-electron chi connectivity index (χ2n) is 5.63. The first-order valence-electron chi connectivity index (χ1n) is 6.55. The van der Waals surface area contributed by atoms with Crippen molar-refractivity contribution >= 4 is 0 Å². The molecule has 0 aromatic heterocycles. The molecule has 1 unspecified atom stereocenters. The first-order valence-corrected chi connectivity index (χ1v) is 6.55. The lowest BCUT2D eigenvalue weighted by atomic mass is 9.67. The second-order valence-corrected chi connectivity index (χ2v) is 5.63. The lowest BCUT2D eigenvalue weighted by molar-refractivity contribution is 0.0712. The summed E-state index contributed by atoms with van der Waals surface area (Å²) in [5.74, 6) is 0.